The zero-order valence-electron chi connectivity index (χ0n) is 15.3. The zero-order valence-corrected chi connectivity index (χ0v) is 15.3. The fourth-order valence-electron chi connectivity index (χ4n) is 3.14. The van der Waals surface area contributed by atoms with Gasteiger partial charge in [-0.3, -0.25) is 0 Å². The number of ether oxygens (including phenoxy) is 2. The molecule has 8 heteroatoms. The Hall–Kier alpha value is -3.39. The number of aliphatic hydroxyl groups is 1. The molecule has 1 unspecified atom stereocenters. The van der Waals surface area contributed by atoms with E-state index in [-0.39, 0.29) is 29.5 Å². The van der Waals surface area contributed by atoms with Crippen LogP contribution in [0.3, 0.4) is 0 Å². The average Bonchev–Trinajstić information content (AvgIpc) is 3.17. The molecule has 2 aromatic carbocycles. The zero-order chi connectivity index (χ0) is 20.3. The van der Waals surface area contributed by atoms with Crippen molar-refractivity contribution in [3.63, 3.8) is 0 Å². The highest BCUT2D eigenvalue weighted by Gasteiger charge is 2.26. The van der Waals surface area contributed by atoms with E-state index in [1.54, 1.807) is 35.0 Å². The predicted octanol–water partition coefficient (Wildman–Crippen LogP) is 2.99. The van der Waals surface area contributed by atoms with E-state index in [4.69, 9.17) is 9.47 Å². The number of imidazole rings is 1. The van der Waals surface area contributed by atoms with E-state index in [0.29, 0.717) is 17.0 Å². The van der Waals surface area contributed by atoms with Crippen LogP contribution in [-0.4, -0.2) is 46.6 Å². The molecule has 28 heavy (non-hydrogen) atoms. The maximum absolute atomic E-state index is 13.3. The number of rotatable bonds is 7. The van der Waals surface area contributed by atoms with Gasteiger partial charge in [-0.05, 0) is 29.8 Å². The lowest BCUT2D eigenvalue weighted by molar-refractivity contribution is 0.0693. The van der Waals surface area contributed by atoms with E-state index in [1.807, 2.05) is 0 Å². The number of aromatic carboxylic acids is 1. The molecule has 0 saturated heterocycles. The average molecular weight is 386 g/mol. The highest BCUT2D eigenvalue weighted by molar-refractivity contribution is 5.99. The first-order valence-corrected chi connectivity index (χ1v) is 8.39. The van der Waals surface area contributed by atoms with E-state index in [2.05, 4.69) is 4.98 Å². The van der Waals surface area contributed by atoms with Crippen LogP contribution in [0.5, 0.6) is 11.5 Å². The molecule has 2 N–H and O–H groups in total. The molecule has 0 aliphatic carbocycles. The van der Waals surface area contributed by atoms with Gasteiger partial charge in [0.2, 0.25) is 0 Å². The maximum atomic E-state index is 13.3. The highest BCUT2D eigenvalue weighted by atomic mass is 19.1. The molecule has 0 saturated carbocycles. The Bertz CT molecular complexity index is 985. The summed E-state index contributed by atoms with van der Waals surface area (Å²) in [5.74, 6) is -0.924. The lowest BCUT2D eigenvalue weighted by Crippen LogP contribution is -2.16. The summed E-state index contributed by atoms with van der Waals surface area (Å²) in [6, 6.07) is 8.31. The number of aromatic nitrogens is 2. The van der Waals surface area contributed by atoms with Crippen molar-refractivity contribution < 1.29 is 28.9 Å². The lowest BCUT2D eigenvalue weighted by Gasteiger charge is -2.21. The third kappa shape index (κ3) is 3.41. The molecule has 0 bridgehead atoms. The molecule has 0 spiro atoms. The number of methoxy groups -OCH3 is 2. The van der Waals surface area contributed by atoms with Crippen molar-refractivity contribution in [1.29, 1.82) is 0 Å². The molecule has 1 heterocycles. The third-order valence-corrected chi connectivity index (χ3v) is 4.43. The molecular weight excluding hydrogens is 367 g/mol. The SMILES string of the molecule is COc1ccc(-c2nccn2C(CO)c2ccc(F)cc2)c(C(=O)O)c1OC. The molecule has 3 rings (SSSR count). The Balaban J connectivity index is 2.18. The summed E-state index contributed by atoms with van der Waals surface area (Å²) in [4.78, 5) is 16.2. The normalized spacial score (nSPS) is 11.9. The summed E-state index contributed by atoms with van der Waals surface area (Å²) in [5.41, 5.74) is 0.848. The Morgan fingerprint density at radius 2 is 1.89 bits per heavy atom. The molecule has 3 aromatic rings. The molecule has 0 fully saturated rings. The molecule has 7 nitrogen and oxygen atoms in total. The Kier molecular flexibility index (Phi) is 5.60. The van der Waals surface area contributed by atoms with E-state index < -0.39 is 12.0 Å². The predicted molar refractivity (Wildman–Crippen MR) is 99.4 cm³/mol. The van der Waals surface area contributed by atoms with Crippen LogP contribution in [0.15, 0.2) is 48.8 Å². The highest BCUT2D eigenvalue weighted by Crippen LogP contribution is 2.38. The van der Waals surface area contributed by atoms with Gasteiger partial charge in [0.15, 0.2) is 11.5 Å². The summed E-state index contributed by atoms with van der Waals surface area (Å²) >= 11 is 0. The number of hydrogen-bond acceptors (Lipinski definition) is 5. The van der Waals surface area contributed by atoms with Gasteiger partial charge in [-0.25, -0.2) is 14.2 Å². The van der Waals surface area contributed by atoms with E-state index >= 15 is 0 Å². The largest absolute Gasteiger partial charge is 0.493 e. The van der Waals surface area contributed by atoms with Crippen molar-refractivity contribution in [2.75, 3.05) is 20.8 Å². The van der Waals surface area contributed by atoms with Gasteiger partial charge in [0, 0.05) is 18.0 Å². The topological polar surface area (TPSA) is 93.8 Å². The monoisotopic (exact) mass is 386 g/mol. The van der Waals surface area contributed by atoms with Crippen LogP contribution >= 0.6 is 0 Å². The van der Waals surface area contributed by atoms with Crippen molar-refractivity contribution in [3.05, 3.63) is 65.7 Å². The van der Waals surface area contributed by atoms with Gasteiger partial charge in [0.25, 0.3) is 0 Å². The van der Waals surface area contributed by atoms with Crippen molar-refractivity contribution >= 4 is 5.97 Å². The number of nitrogens with zero attached hydrogens (tertiary/aromatic N) is 2. The van der Waals surface area contributed by atoms with Gasteiger partial charge in [0.05, 0.1) is 26.9 Å². The number of carbonyl (C=O) groups is 1. The Labute approximate surface area is 160 Å². The standard InChI is InChI=1S/C20H19FN2O5/c1-27-16-8-7-14(17(20(25)26)18(16)28-2)19-22-9-10-23(19)15(11-24)12-3-5-13(21)6-4-12/h3-10,15,24H,11H2,1-2H3,(H,25,26). The molecular formula is C20H19FN2O5. The van der Waals surface area contributed by atoms with Gasteiger partial charge < -0.3 is 24.3 Å². The first-order valence-electron chi connectivity index (χ1n) is 8.39. The molecule has 0 amide bonds. The first kappa shape index (κ1) is 19.4. The van der Waals surface area contributed by atoms with Crippen LogP contribution in [0.1, 0.15) is 22.0 Å². The minimum Gasteiger partial charge on any atom is -0.493 e. The second-order valence-electron chi connectivity index (χ2n) is 5.94. The van der Waals surface area contributed by atoms with Gasteiger partial charge in [-0.15, -0.1) is 0 Å². The number of benzene rings is 2. The summed E-state index contributed by atoms with van der Waals surface area (Å²) in [5, 5.41) is 19.7. The number of carboxylic acids is 1. The van der Waals surface area contributed by atoms with Gasteiger partial charge >= 0.3 is 5.97 Å². The summed E-state index contributed by atoms with van der Waals surface area (Å²) in [6.45, 7) is -0.287. The Morgan fingerprint density at radius 1 is 1.18 bits per heavy atom. The van der Waals surface area contributed by atoms with Crippen LogP contribution in [0, 0.1) is 5.82 Å². The quantitative estimate of drug-likeness (QED) is 0.648. The van der Waals surface area contributed by atoms with Crippen LogP contribution in [0.25, 0.3) is 11.4 Å². The second kappa shape index (κ2) is 8.10. The summed E-state index contributed by atoms with van der Waals surface area (Å²) in [7, 11) is 2.77. The molecule has 0 aliphatic heterocycles. The van der Waals surface area contributed by atoms with Gasteiger partial charge in [-0.2, -0.15) is 0 Å². The van der Waals surface area contributed by atoms with Gasteiger partial charge in [-0.1, -0.05) is 12.1 Å². The van der Waals surface area contributed by atoms with Crippen LogP contribution < -0.4 is 9.47 Å². The van der Waals surface area contributed by atoms with Crippen molar-refractivity contribution in [2.24, 2.45) is 0 Å². The second-order valence-corrected chi connectivity index (χ2v) is 5.94. The smallest absolute Gasteiger partial charge is 0.340 e. The number of carboxylic acid groups (broad SMARTS) is 1. The van der Waals surface area contributed by atoms with E-state index in [1.165, 1.54) is 32.5 Å². The molecule has 0 radical (unpaired) electrons. The van der Waals surface area contributed by atoms with E-state index in [0.717, 1.165) is 0 Å². The lowest BCUT2D eigenvalue weighted by atomic mass is 10.0. The third-order valence-electron chi connectivity index (χ3n) is 4.43. The molecule has 0 aliphatic rings. The van der Waals surface area contributed by atoms with E-state index in [9.17, 15) is 19.4 Å². The maximum Gasteiger partial charge on any atom is 0.340 e. The molecule has 1 aromatic heterocycles. The minimum absolute atomic E-state index is 0.0735. The number of hydrogen-bond donors (Lipinski definition) is 2. The minimum atomic E-state index is -1.21. The number of halogens is 1. The van der Waals surface area contributed by atoms with Crippen molar-refractivity contribution in [1.82, 2.24) is 9.55 Å². The van der Waals surface area contributed by atoms with Gasteiger partial charge in [0.1, 0.15) is 17.2 Å². The van der Waals surface area contributed by atoms with Crippen molar-refractivity contribution in [2.45, 2.75) is 6.04 Å². The first-order chi connectivity index (χ1) is 13.5. The van der Waals surface area contributed by atoms with Crippen LogP contribution in [0.4, 0.5) is 4.39 Å². The van der Waals surface area contributed by atoms with Crippen LogP contribution in [-0.2, 0) is 0 Å². The fraction of sp³-hybridized carbons (Fsp3) is 0.200. The molecule has 146 valence electrons. The summed E-state index contributed by atoms with van der Waals surface area (Å²) in [6.07, 6.45) is 3.13. The summed E-state index contributed by atoms with van der Waals surface area (Å²) < 4.78 is 25.4. The Morgan fingerprint density at radius 3 is 2.46 bits per heavy atom. The fourth-order valence-corrected chi connectivity index (χ4v) is 3.14. The van der Waals surface area contributed by atoms with Crippen molar-refractivity contribution in [3.8, 4) is 22.9 Å². The number of aliphatic hydroxyl groups excluding tert-OH is 1. The van der Waals surface area contributed by atoms with Crippen LogP contribution in [0.2, 0.25) is 0 Å². The molecule has 1 atom stereocenters.